The van der Waals surface area contributed by atoms with Crippen molar-refractivity contribution in [1.29, 1.82) is 0 Å². The van der Waals surface area contributed by atoms with Gasteiger partial charge in [0.1, 0.15) is 17.6 Å². The average Bonchev–Trinajstić information content (AvgIpc) is 2.70. The molecule has 1 atom stereocenters. The van der Waals surface area contributed by atoms with Crippen LogP contribution in [0.25, 0.3) is 0 Å². The second kappa shape index (κ2) is 10.1. The van der Waals surface area contributed by atoms with E-state index in [1.165, 1.54) is 19.2 Å². The van der Waals surface area contributed by atoms with Crippen LogP contribution in [0.4, 0.5) is 13.2 Å². The number of hydrogen-bond acceptors (Lipinski definition) is 4. The Balaban J connectivity index is 2.17. The largest absolute Gasteiger partial charge is 0.486 e. The van der Waals surface area contributed by atoms with Gasteiger partial charge in [-0.3, -0.25) is 4.99 Å². The fourth-order valence-electron chi connectivity index (χ4n) is 2.74. The molecule has 0 bridgehead atoms. The van der Waals surface area contributed by atoms with Gasteiger partial charge in [0.25, 0.3) is 0 Å². The van der Waals surface area contributed by atoms with Gasteiger partial charge in [-0.15, -0.1) is 0 Å². The maximum Gasteiger partial charge on any atom is 0.416 e. The van der Waals surface area contributed by atoms with Gasteiger partial charge in [0.15, 0.2) is 0 Å². The summed E-state index contributed by atoms with van der Waals surface area (Å²) >= 11 is 0. The van der Waals surface area contributed by atoms with Crippen LogP contribution < -0.4 is 4.74 Å². The molecule has 0 radical (unpaired) electrons. The van der Waals surface area contributed by atoms with Crippen LogP contribution in [0.1, 0.15) is 37.5 Å². The third-order valence-corrected chi connectivity index (χ3v) is 4.25. The molecule has 2 aromatic carbocycles. The molecule has 0 N–H and O–H groups in total. The van der Waals surface area contributed by atoms with E-state index in [4.69, 9.17) is 9.47 Å². The van der Waals surface area contributed by atoms with Gasteiger partial charge in [-0.2, -0.15) is 13.2 Å². The lowest BCUT2D eigenvalue weighted by atomic mass is 10.1. The topological polar surface area (TPSA) is 47.9 Å². The Kier molecular flexibility index (Phi) is 7.82. The lowest BCUT2D eigenvalue weighted by Crippen LogP contribution is -2.22. The van der Waals surface area contributed by atoms with E-state index in [1.807, 2.05) is 44.2 Å². The molecular formula is C22H24F3NO3. The summed E-state index contributed by atoms with van der Waals surface area (Å²) in [5.41, 5.74) is 0.478. The Morgan fingerprint density at radius 2 is 1.66 bits per heavy atom. The first-order valence-electron chi connectivity index (χ1n) is 9.24. The zero-order chi connectivity index (χ0) is 21.4. The van der Waals surface area contributed by atoms with Gasteiger partial charge in [0, 0.05) is 18.9 Å². The molecule has 4 nitrogen and oxygen atoms in total. The van der Waals surface area contributed by atoms with Crippen LogP contribution in [0.15, 0.2) is 59.6 Å². The van der Waals surface area contributed by atoms with Gasteiger partial charge in [0.2, 0.25) is 0 Å². The molecule has 156 valence electrons. The SMILES string of the molecule is COC(=O)C(=NCCC(Oc1ccc(C(F)(F)F)cc1)c1ccccc1)C(C)C. The second-order valence-corrected chi connectivity index (χ2v) is 6.74. The van der Waals surface area contributed by atoms with E-state index in [9.17, 15) is 18.0 Å². The molecule has 0 aliphatic rings. The number of esters is 1. The van der Waals surface area contributed by atoms with E-state index in [-0.39, 0.29) is 5.92 Å². The molecule has 2 rings (SSSR count). The quantitative estimate of drug-likeness (QED) is 0.430. The predicted octanol–water partition coefficient (Wildman–Crippen LogP) is 5.49. The number of carbonyl (C=O) groups excluding carboxylic acids is 1. The second-order valence-electron chi connectivity index (χ2n) is 6.74. The summed E-state index contributed by atoms with van der Waals surface area (Å²) in [4.78, 5) is 16.2. The Labute approximate surface area is 168 Å². The number of carbonyl (C=O) groups is 1. The highest BCUT2D eigenvalue weighted by Crippen LogP contribution is 2.32. The van der Waals surface area contributed by atoms with E-state index in [0.29, 0.717) is 24.4 Å². The van der Waals surface area contributed by atoms with Gasteiger partial charge in [-0.05, 0) is 29.8 Å². The monoisotopic (exact) mass is 407 g/mol. The maximum absolute atomic E-state index is 12.8. The molecule has 0 aromatic heterocycles. The lowest BCUT2D eigenvalue weighted by Gasteiger charge is -2.20. The molecule has 2 aromatic rings. The van der Waals surface area contributed by atoms with Gasteiger partial charge in [-0.25, -0.2) is 4.79 Å². The summed E-state index contributed by atoms with van der Waals surface area (Å²) < 4.78 is 49.0. The molecule has 0 heterocycles. The van der Waals surface area contributed by atoms with Crippen molar-refractivity contribution in [1.82, 2.24) is 0 Å². The summed E-state index contributed by atoms with van der Waals surface area (Å²) in [6.45, 7) is 4.01. The minimum Gasteiger partial charge on any atom is -0.486 e. The van der Waals surface area contributed by atoms with Crippen molar-refractivity contribution in [2.45, 2.75) is 32.5 Å². The van der Waals surface area contributed by atoms with Crippen molar-refractivity contribution in [3.8, 4) is 5.75 Å². The van der Waals surface area contributed by atoms with E-state index < -0.39 is 23.8 Å². The van der Waals surface area contributed by atoms with Crippen LogP contribution in [-0.4, -0.2) is 25.3 Å². The van der Waals surface area contributed by atoms with Crippen molar-refractivity contribution in [2.24, 2.45) is 10.9 Å². The van der Waals surface area contributed by atoms with Crippen LogP contribution in [0, 0.1) is 5.92 Å². The minimum absolute atomic E-state index is 0.0894. The molecule has 1 unspecified atom stereocenters. The molecule has 29 heavy (non-hydrogen) atoms. The summed E-state index contributed by atoms with van der Waals surface area (Å²) in [6.07, 6.45) is -4.38. The van der Waals surface area contributed by atoms with Gasteiger partial charge < -0.3 is 9.47 Å². The average molecular weight is 407 g/mol. The zero-order valence-electron chi connectivity index (χ0n) is 16.6. The van der Waals surface area contributed by atoms with E-state index >= 15 is 0 Å². The number of alkyl halides is 3. The highest BCUT2D eigenvalue weighted by molar-refractivity contribution is 6.37. The molecule has 0 fully saturated rings. The van der Waals surface area contributed by atoms with Crippen molar-refractivity contribution in [3.63, 3.8) is 0 Å². The highest BCUT2D eigenvalue weighted by atomic mass is 19.4. The number of rotatable bonds is 8. The van der Waals surface area contributed by atoms with Crippen molar-refractivity contribution in [3.05, 3.63) is 65.7 Å². The molecule has 0 aliphatic carbocycles. The number of nitrogens with zero attached hydrogens (tertiary/aromatic N) is 1. The normalized spacial score (nSPS) is 13.3. The highest BCUT2D eigenvalue weighted by Gasteiger charge is 2.30. The van der Waals surface area contributed by atoms with Crippen LogP contribution >= 0.6 is 0 Å². The van der Waals surface area contributed by atoms with Crippen LogP contribution in [-0.2, 0) is 15.7 Å². The Morgan fingerprint density at radius 3 is 2.17 bits per heavy atom. The summed E-state index contributed by atoms with van der Waals surface area (Å²) in [6, 6.07) is 13.9. The fourth-order valence-corrected chi connectivity index (χ4v) is 2.74. The van der Waals surface area contributed by atoms with Crippen LogP contribution in [0.5, 0.6) is 5.75 Å². The summed E-state index contributed by atoms with van der Waals surface area (Å²) in [5, 5.41) is 0. The van der Waals surface area contributed by atoms with Gasteiger partial charge in [-0.1, -0.05) is 44.2 Å². The van der Waals surface area contributed by atoms with E-state index in [1.54, 1.807) is 0 Å². The molecule has 7 heteroatoms. The van der Waals surface area contributed by atoms with Crippen LogP contribution in [0.3, 0.4) is 0 Å². The molecule has 0 saturated carbocycles. The summed E-state index contributed by atoms with van der Waals surface area (Å²) in [5.74, 6) is -0.235. The van der Waals surface area contributed by atoms with E-state index in [2.05, 4.69) is 4.99 Å². The third-order valence-electron chi connectivity index (χ3n) is 4.25. The smallest absolute Gasteiger partial charge is 0.416 e. The Bertz CT molecular complexity index is 815. The number of hydrogen-bond donors (Lipinski definition) is 0. The maximum atomic E-state index is 12.8. The number of benzene rings is 2. The lowest BCUT2D eigenvalue weighted by molar-refractivity contribution is -0.137. The van der Waals surface area contributed by atoms with Crippen LogP contribution in [0.2, 0.25) is 0 Å². The van der Waals surface area contributed by atoms with Gasteiger partial charge in [0.05, 0.1) is 12.7 Å². The number of aliphatic imine (C=N–C) groups is 1. The molecule has 0 spiro atoms. The zero-order valence-corrected chi connectivity index (χ0v) is 16.6. The fraction of sp³-hybridized carbons (Fsp3) is 0.364. The van der Waals surface area contributed by atoms with E-state index in [0.717, 1.165) is 17.7 Å². The first-order chi connectivity index (χ1) is 13.7. The molecular weight excluding hydrogens is 383 g/mol. The Morgan fingerprint density at radius 1 is 1.03 bits per heavy atom. The van der Waals surface area contributed by atoms with Gasteiger partial charge >= 0.3 is 12.1 Å². The predicted molar refractivity (Wildman–Crippen MR) is 105 cm³/mol. The number of halogens is 3. The first kappa shape index (κ1) is 22.5. The molecule has 0 aliphatic heterocycles. The molecule has 0 saturated heterocycles. The first-order valence-corrected chi connectivity index (χ1v) is 9.24. The number of ether oxygens (including phenoxy) is 2. The van der Waals surface area contributed by atoms with Crippen molar-refractivity contribution >= 4 is 11.7 Å². The molecule has 0 amide bonds. The summed E-state index contributed by atoms with van der Waals surface area (Å²) in [7, 11) is 1.31. The van der Waals surface area contributed by atoms with Crippen molar-refractivity contribution in [2.75, 3.05) is 13.7 Å². The standard InChI is InChI=1S/C22H24F3NO3/c1-15(2)20(21(27)28-3)26-14-13-19(16-7-5-4-6-8-16)29-18-11-9-17(10-12-18)22(23,24)25/h4-12,15,19H,13-14H2,1-3H3. The Hall–Kier alpha value is -2.83. The number of methoxy groups -OCH3 is 1. The van der Waals surface area contributed by atoms with Crippen molar-refractivity contribution < 1.29 is 27.4 Å². The minimum atomic E-state index is -4.40. The third kappa shape index (κ3) is 6.62.